The molecule has 0 fully saturated rings. The SMILES string of the molecule is C=C(/C=C\C(=C/C)CCCCC)CCc1ccc(-c2ccc(C(COC(=O)C(C)(C)COC)COC(O)C(=C)CO)cc2)c(F)c1. The van der Waals surface area contributed by atoms with Gasteiger partial charge < -0.3 is 24.4 Å². The Bertz CT molecular complexity index is 1320. The summed E-state index contributed by atoms with van der Waals surface area (Å²) in [5, 5.41) is 19.4. The Balaban J connectivity index is 2.11. The van der Waals surface area contributed by atoms with Gasteiger partial charge in [-0.1, -0.05) is 98.7 Å². The molecule has 2 N–H and O–H groups in total. The summed E-state index contributed by atoms with van der Waals surface area (Å²) in [6, 6.07) is 12.6. The van der Waals surface area contributed by atoms with E-state index in [1.54, 1.807) is 26.0 Å². The summed E-state index contributed by atoms with van der Waals surface area (Å²) in [7, 11) is 1.52. The number of hydrogen-bond acceptors (Lipinski definition) is 6. The fraction of sp³-hybridized carbons (Fsp3) is 0.462. The molecule has 0 radical (unpaired) electrons. The minimum Gasteiger partial charge on any atom is -0.464 e. The summed E-state index contributed by atoms with van der Waals surface area (Å²) in [5.74, 6) is -1.17. The maximum absolute atomic E-state index is 15.3. The van der Waals surface area contributed by atoms with Crippen LogP contribution in [0.4, 0.5) is 4.39 Å². The second kappa shape index (κ2) is 20.0. The predicted octanol–water partition coefficient (Wildman–Crippen LogP) is 8.25. The largest absolute Gasteiger partial charge is 0.464 e. The molecule has 0 spiro atoms. The number of aryl methyl sites for hydroxylation is 1. The van der Waals surface area contributed by atoms with E-state index >= 15 is 4.39 Å². The highest BCUT2D eigenvalue weighted by atomic mass is 19.1. The molecule has 0 amide bonds. The van der Waals surface area contributed by atoms with Gasteiger partial charge in [0, 0.05) is 24.2 Å². The summed E-state index contributed by atoms with van der Waals surface area (Å²) >= 11 is 0. The van der Waals surface area contributed by atoms with Crippen LogP contribution in [0.1, 0.15) is 76.8 Å². The van der Waals surface area contributed by atoms with Crippen LogP contribution in [0.25, 0.3) is 11.1 Å². The van der Waals surface area contributed by atoms with Gasteiger partial charge in [-0.3, -0.25) is 4.79 Å². The van der Waals surface area contributed by atoms with E-state index in [4.69, 9.17) is 14.2 Å². The van der Waals surface area contributed by atoms with E-state index in [0.29, 0.717) is 17.5 Å². The van der Waals surface area contributed by atoms with Crippen LogP contribution in [0.2, 0.25) is 0 Å². The number of aliphatic hydroxyl groups excluding tert-OH is 2. The minimum absolute atomic E-state index is 0.00401. The monoisotopic (exact) mass is 636 g/mol. The van der Waals surface area contributed by atoms with Crippen LogP contribution >= 0.6 is 0 Å². The Kier molecular flexibility index (Phi) is 16.9. The fourth-order valence-corrected chi connectivity index (χ4v) is 4.83. The highest BCUT2D eigenvalue weighted by molar-refractivity contribution is 5.76. The van der Waals surface area contributed by atoms with Crippen LogP contribution in [-0.2, 0) is 25.4 Å². The summed E-state index contributed by atoms with van der Waals surface area (Å²) in [6.45, 7) is 15.3. The lowest BCUT2D eigenvalue weighted by Crippen LogP contribution is -2.33. The van der Waals surface area contributed by atoms with Crippen LogP contribution in [0.3, 0.4) is 0 Å². The average molecular weight is 637 g/mol. The quantitative estimate of drug-likeness (QED) is 0.0472. The van der Waals surface area contributed by atoms with Gasteiger partial charge in [-0.25, -0.2) is 4.39 Å². The van der Waals surface area contributed by atoms with Gasteiger partial charge in [0.25, 0.3) is 0 Å². The summed E-state index contributed by atoms with van der Waals surface area (Å²) in [6.07, 6.45) is 11.1. The van der Waals surface area contributed by atoms with E-state index in [2.05, 4.69) is 45.2 Å². The molecule has 252 valence electrons. The number of methoxy groups -OCH3 is 1. The topological polar surface area (TPSA) is 85.2 Å². The standard InChI is InChI=1S/C39H53FO6/c1-8-10-11-12-30(9-2)15-13-28(3)14-16-31-17-22-35(36(40)23-31)33-20-18-32(19-21-33)34(25-45-37(42)29(4)24-41)26-46-38(43)39(5,6)27-44-7/h9,13,15,17-23,34,37,41-42H,3-4,8,10-12,14,16,24-27H2,1-2,5-7H3/b15-13-,30-9-. The van der Waals surface area contributed by atoms with E-state index in [-0.39, 0.29) is 31.2 Å². The lowest BCUT2D eigenvalue weighted by molar-refractivity contribution is -0.158. The third-order valence-electron chi connectivity index (χ3n) is 7.92. The van der Waals surface area contributed by atoms with Crippen molar-refractivity contribution in [1.82, 2.24) is 0 Å². The van der Waals surface area contributed by atoms with Gasteiger partial charge >= 0.3 is 5.97 Å². The van der Waals surface area contributed by atoms with Gasteiger partial charge in [0.2, 0.25) is 0 Å². The first-order valence-corrected chi connectivity index (χ1v) is 16.1. The first-order chi connectivity index (χ1) is 21.9. The second-order valence-electron chi connectivity index (χ2n) is 12.4. The molecule has 2 aromatic carbocycles. The second-order valence-corrected chi connectivity index (χ2v) is 12.4. The van der Waals surface area contributed by atoms with Gasteiger partial charge in [0.05, 0.1) is 25.2 Å². The van der Waals surface area contributed by atoms with Crippen LogP contribution in [0, 0.1) is 11.2 Å². The van der Waals surface area contributed by atoms with E-state index in [0.717, 1.165) is 29.5 Å². The molecule has 0 saturated carbocycles. The third kappa shape index (κ3) is 12.8. The molecule has 0 saturated heterocycles. The van der Waals surface area contributed by atoms with Gasteiger partial charge in [0.15, 0.2) is 6.29 Å². The number of carbonyl (C=O) groups is 1. The molecule has 2 aromatic rings. The number of rotatable bonds is 21. The van der Waals surface area contributed by atoms with Crippen molar-refractivity contribution < 1.29 is 33.6 Å². The van der Waals surface area contributed by atoms with Gasteiger partial charge in [0.1, 0.15) is 12.4 Å². The Hall–Kier alpha value is -3.36. The molecular formula is C39H53FO6. The van der Waals surface area contributed by atoms with E-state index in [9.17, 15) is 15.0 Å². The molecule has 2 atom stereocenters. The number of halogens is 1. The van der Waals surface area contributed by atoms with Crippen LogP contribution in [0.15, 0.2) is 90.6 Å². The molecule has 0 bridgehead atoms. The van der Waals surface area contributed by atoms with Crippen molar-refractivity contribution >= 4 is 5.97 Å². The average Bonchev–Trinajstić information content (AvgIpc) is 3.04. The fourth-order valence-electron chi connectivity index (χ4n) is 4.83. The van der Waals surface area contributed by atoms with Crippen LogP contribution in [0.5, 0.6) is 0 Å². The van der Waals surface area contributed by atoms with Crippen molar-refractivity contribution in [2.45, 2.75) is 78.4 Å². The highest BCUT2D eigenvalue weighted by Crippen LogP contribution is 2.28. The molecule has 0 aliphatic carbocycles. The Labute approximate surface area is 275 Å². The molecule has 6 nitrogen and oxygen atoms in total. The maximum atomic E-state index is 15.3. The van der Waals surface area contributed by atoms with Crippen molar-refractivity contribution in [3.63, 3.8) is 0 Å². The number of esters is 1. The first-order valence-electron chi connectivity index (χ1n) is 16.1. The molecule has 0 aromatic heterocycles. The van der Waals surface area contributed by atoms with Crippen LogP contribution < -0.4 is 0 Å². The van der Waals surface area contributed by atoms with Crippen molar-refractivity contribution in [3.05, 3.63) is 108 Å². The maximum Gasteiger partial charge on any atom is 0.313 e. The van der Waals surface area contributed by atoms with Gasteiger partial charge in [-0.2, -0.15) is 0 Å². The Morgan fingerprint density at radius 3 is 2.37 bits per heavy atom. The van der Waals surface area contributed by atoms with E-state index in [1.807, 2.05) is 30.3 Å². The van der Waals surface area contributed by atoms with Crippen molar-refractivity contribution in [3.8, 4) is 11.1 Å². The minimum atomic E-state index is -1.37. The number of allylic oxidation sites excluding steroid dienone is 5. The number of aliphatic hydroxyl groups is 2. The van der Waals surface area contributed by atoms with E-state index < -0.39 is 30.2 Å². The molecule has 2 unspecified atom stereocenters. The zero-order chi connectivity index (χ0) is 34.1. The smallest absolute Gasteiger partial charge is 0.313 e. The van der Waals surface area contributed by atoms with Crippen molar-refractivity contribution in [1.29, 1.82) is 0 Å². The number of unbranched alkanes of at least 4 members (excludes halogenated alkanes) is 2. The summed E-state index contributed by atoms with van der Waals surface area (Å²) in [5.41, 5.74) is 4.46. The predicted molar refractivity (Wildman–Crippen MR) is 184 cm³/mol. The lowest BCUT2D eigenvalue weighted by Gasteiger charge is -2.25. The molecule has 0 aliphatic heterocycles. The molecule has 0 heterocycles. The van der Waals surface area contributed by atoms with Gasteiger partial charge in [-0.15, -0.1) is 0 Å². The number of benzene rings is 2. The normalized spacial score (nSPS) is 13.5. The number of ether oxygens (including phenoxy) is 3. The van der Waals surface area contributed by atoms with Crippen LogP contribution in [-0.4, -0.2) is 56.0 Å². The zero-order valence-electron chi connectivity index (χ0n) is 28.3. The number of carbonyl (C=O) groups excluding carboxylic acids is 1. The first kappa shape index (κ1) is 38.8. The zero-order valence-corrected chi connectivity index (χ0v) is 28.3. The van der Waals surface area contributed by atoms with Crippen molar-refractivity contribution in [2.75, 3.05) is 33.5 Å². The Morgan fingerprint density at radius 1 is 1.04 bits per heavy atom. The third-order valence-corrected chi connectivity index (χ3v) is 7.92. The Morgan fingerprint density at radius 2 is 1.76 bits per heavy atom. The molecule has 46 heavy (non-hydrogen) atoms. The van der Waals surface area contributed by atoms with Crippen molar-refractivity contribution in [2.24, 2.45) is 5.41 Å². The molecule has 2 rings (SSSR count). The molecule has 0 aliphatic rings. The van der Waals surface area contributed by atoms with E-state index in [1.165, 1.54) is 31.9 Å². The lowest BCUT2D eigenvalue weighted by atomic mass is 9.94. The molecule has 7 heteroatoms. The van der Waals surface area contributed by atoms with Gasteiger partial charge in [-0.05, 0) is 69.2 Å². The summed E-state index contributed by atoms with van der Waals surface area (Å²) < 4.78 is 31.6. The summed E-state index contributed by atoms with van der Waals surface area (Å²) in [4.78, 5) is 12.7. The highest BCUT2D eigenvalue weighted by Gasteiger charge is 2.30. The molecular weight excluding hydrogens is 583 g/mol. The number of hydrogen-bond donors (Lipinski definition) is 2.